The van der Waals surface area contributed by atoms with Gasteiger partial charge in [-0.3, -0.25) is 4.90 Å². The van der Waals surface area contributed by atoms with Crippen molar-refractivity contribution in [2.75, 3.05) is 27.3 Å². The van der Waals surface area contributed by atoms with Crippen LogP contribution in [-0.2, 0) is 11.3 Å². The number of rotatable bonds is 7. The first kappa shape index (κ1) is 16.0. The average Bonchev–Trinajstić information content (AvgIpc) is 2.55. The zero-order valence-corrected chi connectivity index (χ0v) is 13.0. The fourth-order valence-electron chi connectivity index (χ4n) is 2.08. The lowest BCUT2D eigenvalue weighted by molar-refractivity contribution is 0.0470. The molecule has 0 unspecified atom stereocenters. The third-order valence-electron chi connectivity index (χ3n) is 3.33. The average molecular weight is 299 g/mol. The third kappa shape index (κ3) is 4.90. The van der Waals surface area contributed by atoms with E-state index in [1.165, 1.54) is 5.56 Å². The van der Waals surface area contributed by atoms with Crippen LogP contribution in [0, 0.1) is 0 Å². The smallest absolute Gasteiger partial charge is 0.338 e. The quantitative estimate of drug-likeness (QED) is 0.737. The van der Waals surface area contributed by atoms with E-state index in [9.17, 15) is 4.79 Å². The molecular formula is C18H21NO3. The Labute approximate surface area is 131 Å². The van der Waals surface area contributed by atoms with E-state index < -0.39 is 0 Å². The number of esters is 1. The molecule has 0 bridgehead atoms. The molecule has 0 N–H and O–H groups in total. The Kier molecular flexibility index (Phi) is 5.98. The van der Waals surface area contributed by atoms with E-state index in [0.717, 1.165) is 12.3 Å². The number of ether oxygens (including phenoxy) is 2. The molecule has 0 spiro atoms. The maximum Gasteiger partial charge on any atom is 0.338 e. The Balaban J connectivity index is 1.74. The maximum atomic E-state index is 11.9. The molecule has 0 atom stereocenters. The van der Waals surface area contributed by atoms with Crippen LogP contribution in [0.4, 0.5) is 0 Å². The van der Waals surface area contributed by atoms with Crippen molar-refractivity contribution in [2.24, 2.45) is 0 Å². The number of carbonyl (C=O) groups is 1. The van der Waals surface area contributed by atoms with Gasteiger partial charge in [0, 0.05) is 13.1 Å². The lowest BCUT2D eigenvalue weighted by Gasteiger charge is -2.16. The minimum absolute atomic E-state index is 0.309. The molecule has 2 rings (SSSR count). The highest BCUT2D eigenvalue weighted by molar-refractivity contribution is 5.89. The number of likely N-dealkylation sites (N-methyl/N-ethyl adjacent to an activating group) is 1. The highest BCUT2D eigenvalue weighted by Gasteiger charge is 2.08. The Morgan fingerprint density at radius 3 is 2.36 bits per heavy atom. The van der Waals surface area contributed by atoms with E-state index in [2.05, 4.69) is 17.0 Å². The summed E-state index contributed by atoms with van der Waals surface area (Å²) in [6.45, 7) is 1.89. The van der Waals surface area contributed by atoms with Crippen LogP contribution < -0.4 is 4.74 Å². The standard InChI is InChI=1S/C18H21NO3/c1-19(14-15-6-4-3-5-7-15)12-13-22-18(20)16-8-10-17(21-2)11-9-16/h3-11H,12-14H2,1-2H3. The van der Waals surface area contributed by atoms with Gasteiger partial charge in [0.05, 0.1) is 12.7 Å². The van der Waals surface area contributed by atoms with Crippen molar-refractivity contribution in [1.29, 1.82) is 0 Å². The molecule has 22 heavy (non-hydrogen) atoms. The summed E-state index contributed by atoms with van der Waals surface area (Å²) in [4.78, 5) is 14.0. The van der Waals surface area contributed by atoms with Gasteiger partial charge in [-0.15, -0.1) is 0 Å². The number of hydrogen-bond acceptors (Lipinski definition) is 4. The van der Waals surface area contributed by atoms with Crippen LogP contribution in [0.3, 0.4) is 0 Å². The van der Waals surface area contributed by atoms with Crippen molar-refractivity contribution >= 4 is 5.97 Å². The minimum atomic E-state index is -0.309. The second-order valence-corrected chi connectivity index (χ2v) is 5.09. The van der Waals surface area contributed by atoms with Crippen LogP contribution in [-0.4, -0.2) is 38.2 Å². The van der Waals surface area contributed by atoms with Gasteiger partial charge in [-0.2, -0.15) is 0 Å². The molecule has 0 saturated heterocycles. The van der Waals surface area contributed by atoms with E-state index in [1.54, 1.807) is 31.4 Å². The summed E-state index contributed by atoms with van der Waals surface area (Å²) >= 11 is 0. The monoisotopic (exact) mass is 299 g/mol. The fraction of sp³-hybridized carbons (Fsp3) is 0.278. The van der Waals surface area contributed by atoms with Gasteiger partial charge in [-0.05, 0) is 36.9 Å². The Morgan fingerprint density at radius 2 is 1.73 bits per heavy atom. The molecule has 0 aliphatic heterocycles. The molecule has 4 heteroatoms. The van der Waals surface area contributed by atoms with E-state index in [-0.39, 0.29) is 5.97 Å². The molecule has 0 aromatic heterocycles. The predicted molar refractivity (Wildman–Crippen MR) is 86.1 cm³/mol. The lowest BCUT2D eigenvalue weighted by Crippen LogP contribution is -2.24. The summed E-state index contributed by atoms with van der Waals surface area (Å²) in [5.41, 5.74) is 1.78. The molecule has 2 aromatic rings. The van der Waals surface area contributed by atoms with Gasteiger partial charge in [0.1, 0.15) is 12.4 Å². The zero-order valence-electron chi connectivity index (χ0n) is 13.0. The van der Waals surface area contributed by atoms with Crippen LogP contribution in [0.2, 0.25) is 0 Å². The van der Waals surface area contributed by atoms with E-state index in [1.807, 2.05) is 25.2 Å². The number of carbonyl (C=O) groups excluding carboxylic acids is 1. The molecule has 0 heterocycles. The molecular weight excluding hydrogens is 278 g/mol. The van der Waals surface area contributed by atoms with Gasteiger partial charge < -0.3 is 9.47 Å². The fourth-order valence-corrected chi connectivity index (χ4v) is 2.08. The van der Waals surface area contributed by atoms with Gasteiger partial charge in [0.15, 0.2) is 0 Å². The third-order valence-corrected chi connectivity index (χ3v) is 3.33. The summed E-state index contributed by atoms with van der Waals surface area (Å²) < 4.78 is 10.3. The molecule has 0 saturated carbocycles. The van der Waals surface area contributed by atoms with Gasteiger partial charge in [0.2, 0.25) is 0 Å². The van der Waals surface area contributed by atoms with Crippen LogP contribution in [0.1, 0.15) is 15.9 Å². The molecule has 0 radical (unpaired) electrons. The first-order chi connectivity index (χ1) is 10.7. The van der Waals surface area contributed by atoms with Crippen LogP contribution in [0.25, 0.3) is 0 Å². The molecule has 2 aromatic carbocycles. The maximum absolute atomic E-state index is 11.9. The number of nitrogens with zero attached hydrogens (tertiary/aromatic N) is 1. The normalized spacial score (nSPS) is 10.5. The van der Waals surface area contributed by atoms with Crippen LogP contribution in [0.5, 0.6) is 5.75 Å². The van der Waals surface area contributed by atoms with E-state index in [4.69, 9.17) is 9.47 Å². The van der Waals surface area contributed by atoms with Crippen molar-refractivity contribution in [3.63, 3.8) is 0 Å². The van der Waals surface area contributed by atoms with Crippen molar-refractivity contribution in [3.8, 4) is 5.75 Å². The van der Waals surface area contributed by atoms with E-state index >= 15 is 0 Å². The van der Waals surface area contributed by atoms with Crippen molar-refractivity contribution in [1.82, 2.24) is 4.90 Å². The summed E-state index contributed by atoms with van der Waals surface area (Å²) in [5, 5.41) is 0. The van der Waals surface area contributed by atoms with Gasteiger partial charge in [-0.1, -0.05) is 30.3 Å². The first-order valence-electron chi connectivity index (χ1n) is 7.22. The molecule has 0 amide bonds. The van der Waals surface area contributed by atoms with Crippen molar-refractivity contribution in [3.05, 3.63) is 65.7 Å². The molecule has 0 fully saturated rings. The summed E-state index contributed by atoms with van der Waals surface area (Å²) in [5.74, 6) is 0.412. The Bertz CT molecular complexity index is 581. The molecule has 0 aliphatic carbocycles. The summed E-state index contributed by atoms with van der Waals surface area (Å²) in [6.07, 6.45) is 0. The van der Waals surface area contributed by atoms with Gasteiger partial charge in [0.25, 0.3) is 0 Å². The zero-order chi connectivity index (χ0) is 15.8. The first-order valence-corrected chi connectivity index (χ1v) is 7.22. The van der Waals surface area contributed by atoms with Crippen molar-refractivity contribution in [2.45, 2.75) is 6.54 Å². The second kappa shape index (κ2) is 8.20. The van der Waals surface area contributed by atoms with Crippen molar-refractivity contribution < 1.29 is 14.3 Å². The van der Waals surface area contributed by atoms with E-state index in [0.29, 0.717) is 18.7 Å². The Morgan fingerprint density at radius 1 is 1.05 bits per heavy atom. The van der Waals surface area contributed by atoms with Crippen LogP contribution in [0.15, 0.2) is 54.6 Å². The molecule has 4 nitrogen and oxygen atoms in total. The molecule has 0 aliphatic rings. The SMILES string of the molecule is COc1ccc(C(=O)OCCN(C)Cc2ccccc2)cc1. The summed E-state index contributed by atoms with van der Waals surface area (Å²) in [6, 6.07) is 17.1. The summed E-state index contributed by atoms with van der Waals surface area (Å²) in [7, 11) is 3.60. The largest absolute Gasteiger partial charge is 0.497 e. The number of hydrogen-bond donors (Lipinski definition) is 0. The lowest BCUT2D eigenvalue weighted by atomic mass is 10.2. The highest BCUT2D eigenvalue weighted by atomic mass is 16.5. The number of benzene rings is 2. The minimum Gasteiger partial charge on any atom is -0.497 e. The van der Waals surface area contributed by atoms with Gasteiger partial charge in [-0.25, -0.2) is 4.79 Å². The molecule has 116 valence electrons. The number of methoxy groups -OCH3 is 1. The topological polar surface area (TPSA) is 38.8 Å². The van der Waals surface area contributed by atoms with Gasteiger partial charge >= 0.3 is 5.97 Å². The van der Waals surface area contributed by atoms with Crippen LogP contribution >= 0.6 is 0 Å². The Hall–Kier alpha value is -2.33. The predicted octanol–water partition coefficient (Wildman–Crippen LogP) is 2.98. The highest BCUT2D eigenvalue weighted by Crippen LogP contribution is 2.12. The second-order valence-electron chi connectivity index (χ2n) is 5.09.